The molecule has 3 rings (SSSR count). The van der Waals surface area contributed by atoms with Gasteiger partial charge in [0, 0.05) is 44.8 Å². The molecule has 32 heavy (non-hydrogen) atoms. The number of ether oxygens (including phenoxy) is 3. The van der Waals surface area contributed by atoms with Crippen LogP contribution < -0.4 is 19.5 Å². The lowest BCUT2D eigenvalue weighted by Gasteiger charge is -2.36. The van der Waals surface area contributed by atoms with E-state index in [9.17, 15) is 5.11 Å². The summed E-state index contributed by atoms with van der Waals surface area (Å²) in [6, 6.07) is 11.3. The van der Waals surface area contributed by atoms with Gasteiger partial charge in [0.15, 0.2) is 17.5 Å². The minimum absolute atomic E-state index is 0.131. The van der Waals surface area contributed by atoms with E-state index < -0.39 is 0 Å². The molecule has 0 amide bonds. The number of nitrogens with one attached hydrogen (secondary N) is 1. The van der Waals surface area contributed by atoms with Crippen molar-refractivity contribution in [1.82, 2.24) is 15.1 Å². The van der Waals surface area contributed by atoms with Crippen molar-refractivity contribution in [2.24, 2.45) is 4.99 Å². The average molecular weight is 443 g/mol. The maximum absolute atomic E-state index is 10.0. The summed E-state index contributed by atoms with van der Waals surface area (Å²) < 4.78 is 16.0. The number of benzene rings is 2. The third kappa shape index (κ3) is 5.97. The van der Waals surface area contributed by atoms with Crippen LogP contribution in [0.15, 0.2) is 41.4 Å². The summed E-state index contributed by atoms with van der Waals surface area (Å²) >= 11 is 0. The summed E-state index contributed by atoms with van der Waals surface area (Å²) in [7, 11) is 4.92. The Labute approximate surface area is 190 Å². The topological polar surface area (TPSA) is 78.8 Å². The molecule has 0 saturated carbocycles. The fourth-order valence-electron chi connectivity index (χ4n) is 3.79. The molecule has 2 N–H and O–H groups in total. The molecule has 174 valence electrons. The Kier molecular flexibility index (Phi) is 8.44. The highest BCUT2D eigenvalue weighted by Gasteiger charge is 2.21. The van der Waals surface area contributed by atoms with Crippen molar-refractivity contribution in [1.29, 1.82) is 0 Å². The van der Waals surface area contributed by atoms with Gasteiger partial charge < -0.3 is 29.5 Å². The predicted molar refractivity (Wildman–Crippen MR) is 126 cm³/mol. The molecule has 8 nitrogen and oxygen atoms in total. The SMILES string of the molecule is CCNC(=NCc1ccc(OC)c(O)c1)N1CCN(Cc2cc(OC)ccc2OC)CC1. The lowest BCUT2D eigenvalue weighted by molar-refractivity contribution is 0.171. The Morgan fingerprint density at radius 2 is 1.69 bits per heavy atom. The molecule has 1 saturated heterocycles. The van der Waals surface area contributed by atoms with Gasteiger partial charge in [-0.15, -0.1) is 0 Å². The summed E-state index contributed by atoms with van der Waals surface area (Å²) in [5, 5.41) is 13.4. The fraction of sp³-hybridized carbons (Fsp3) is 0.458. The van der Waals surface area contributed by atoms with Crippen LogP contribution in [0.3, 0.4) is 0 Å². The van der Waals surface area contributed by atoms with Crippen LogP contribution in [0.5, 0.6) is 23.0 Å². The van der Waals surface area contributed by atoms with Gasteiger partial charge in [0.1, 0.15) is 11.5 Å². The molecular formula is C24H34N4O4. The van der Waals surface area contributed by atoms with Crippen LogP contribution in [-0.2, 0) is 13.1 Å². The molecule has 0 aliphatic carbocycles. The van der Waals surface area contributed by atoms with Crippen molar-refractivity contribution in [2.75, 3.05) is 54.1 Å². The number of aliphatic imine (C=N–C) groups is 1. The van der Waals surface area contributed by atoms with E-state index in [1.807, 2.05) is 24.3 Å². The van der Waals surface area contributed by atoms with Crippen LogP contribution in [0.2, 0.25) is 0 Å². The number of phenolic OH excluding ortho intramolecular Hbond substituents is 1. The first kappa shape index (κ1) is 23.5. The van der Waals surface area contributed by atoms with Crippen molar-refractivity contribution in [2.45, 2.75) is 20.0 Å². The van der Waals surface area contributed by atoms with Gasteiger partial charge >= 0.3 is 0 Å². The minimum atomic E-state index is 0.131. The normalized spacial score (nSPS) is 14.9. The molecule has 2 aromatic carbocycles. The van der Waals surface area contributed by atoms with Crippen LogP contribution in [0.1, 0.15) is 18.1 Å². The fourth-order valence-corrected chi connectivity index (χ4v) is 3.79. The van der Waals surface area contributed by atoms with Crippen molar-refractivity contribution in [3.05, 3.63) is 47.5 Å². The van der Waals surface area contributed by atoms with Gasteiger partial charge in [-0.1, -0.05) is 6.07 Å². The lowest BCUT2D eigenvalue weighted by Crippen LogP contribution is -2.52. The molecule has 0 spiro atoms. The average Bonchev–Trinajstić information content (AvgIpc) is 2.82. The smallest absolute Gasteiger partial charge is 0.194 e. The molecule has 0 aromatic heterocycles. The van der Waals surface area contributed by atoms with E-state index in [1.165, 1.54) is 0 Å². The summed E-state index contributed by atoms with van der Waals surface area (Å²) in [4.78, 5) is 9.49. The molecule has 0 atom stereocenters. The van der Waals surface area contributed by atoms with E-state index in [0.717, 1.165) is 67.9 Å². The van der Waals surface area contributed by atoms with Crippen LogP contribution in [0, 0.1) is 0 Å². The molecule has 1 fully saturated rings. The summed E-state index contributed by atoms with van der Waals surface area (Å²) in [5.41, 5.74) is 2.06. The largest absolute Gasteiger partial charge is 0.504 e. The van der Waals surface area contributed by atoms with E-state index in [-0.39, 0.29) is 5.75 Å². The lowest BCUT2D eigenvalue weighted by atomic mass is 10.1. The maximum Gasteiger partial charge on any atom is 0.194 e. The monoisotopic (exact) mass is 442 g/mol. The predicted octanol–water partition coefficient (Wildman–Crippen LogP) is 2.70. The molecule has 2 aromatic rings. The first-order valence-corrected chi connectivity index (χ1v) is 10.9. The Morgan fingerprint density at radius 1 is 0.969 bits per heavy atom. The highest BCUT2D eigenvalue weighted by Crippen LogP contribution is 2.27. The van der Waals surface area contributed by atoms with E-state index in [4.69, 9.17) is 19.2 Å². The van der Waals surface area contributed by atoms with Gasteiger partial charge in [-0.2, -0.15) is 0 Å². The molecule has 0 bridgehead atoms. The van der Waals surface area contributed by atoms with E-state index in [0.29, 0.717) is 12.3 Å². The molecule has 1 aliphatic rings. The Morgan fingerprint density at radius 3 is 2.31 bits per heavy atom. The number of phenols is 1. The van der Waals surface area contributed by atoms with Crippen molar-refractivity contribution < 1.29 is 19.3 Å². The van der Waals surface area contributed by atoms with Crippen molar-refractivity contribution >= 4 is 5.96 Å². The Hall–Kier alpha value is -3.13. The standard InChI is InChI=1S/C24H34N4O4/c1-5-25-24(26-16-18-6-8-23(32-4)21(29)14-18)28-12-10-27(11-13-28)17-19-15-20(30-2)7-9-22(19)31-3/h6-9,14-15,29H,5,10-13,16-17H2,1-4H3,(H,25,26). The molecule has 0 unspecified atom stereocenters. The first-order chi connectivity index (χ1) is 15.6. The molecule has 1 aliphatic heterocycles. The second-order valence-corrected chi connectivity index (χ2v) is 7.62. The highest BCUT2D eigenvalue weighted by atomic mass is 16.5. The maximum atomic E-state index is 10.0. The second-order valence-electron chi connectivity index (χ2n) is 7.62. The molecule has 0 radical (unpaired) electrons. The Balaban J connectivity index is 1.61. The zero-order chi connectivity index (χ0) is 22.9. The van der Waals surface area contributed by atoms with Gasteiger partial charge in [0.25, 0.3) is 0 Å². The highest BCUT2D eigenvalue weighted by molar-refractivity contribution is 5.80. The summed E-state index contributed by atoms with van der Waals surface area (Å²) in [6.45, 7) is 7.78. The zero-order valence-corrected chi connectivity index (χ0v) is 19.4. The summed E-state index contributed by atoms with van der Waals surface area (Å²) in [6.07, 6.45) is 0. The molecule has 8 heteroatoms. The van der Waals surface area contributed by atoms with Crippen LogP contribution in [0.25, 0.3) is 0 Å². The number of rotatable bonds is 8. The quantitative estimate of drug-likeness (QED) is 0.481. The number of methoxy groups -OCH3 is 3. The third-order valence-electron chi connectivity index (χ3n) is 5.54. The number of aromatic hydroxyl groups is 1. The first-order valence-electron chi connectivity index (χ1n) is 10.9. The van der Waals surface area contributed by atoms with Gasteiger partial charge in [0.2, 0.25) is 0 Å². The second kappa shape index (κ2) is 11.5. The van der Waals surface area contributed by atoms with E-state index in [2.05, 4.69) is 22.0 Å². The van der Waals surface area contributed by atoms with Gasteiger partial charge in [0.05, 0.1) is 27.9 Å². The molecular weight excluding hydrogens is 408 g/mol. The number of hydrogen-bond acceptors (Lipinski definition) is 6. The number of piperazine rings is 1. The summed E-state index contributed by atoms with van der Waals surface area (Å²) in [5.74, 6) is 3.21. The third-order valence-corrected chi connectivity index (χ3v) is 5.54. The van der Waals surface area contributed by atoms with Crippen LogP contribution in [0.4, 0.5) is 0 Å². The van der Waals surface area contributed by atoms with Gasteiger partial charge in [-0.25, -0.2) is 4.99 Å². The minimum Gasteiger partial charge on any atom is -0.504 e. The van der Waals surface area contributed by atoms with Crippen LogP contribution >= 0.6 is 0 Å². The van der Waals surface area contributed by atoms with Crippen molar-refractivity contribution in [3.63, 3.8) is 0 Å². The van der Waals surface area contributed by atoms with E-state index >= 15 is 0 Å². The zero-order valence-electron chi connectivity index (χ0n) is 19.4. The van der Waals surface area contributed by atoms with Gasteiger partial charge in [-0.05, 0) is 42.8 Å². The number of guanidine groups is 1. The molecule has 1 heterocycles. The number of nitrogens with zero attached hydrogens (tertiary/aromatic N) is 3. The van der Waals surface area contributed by atoms with E-state index in [1.54, 1.807) is 33.5 Å². The van der Waals surface area contributed by atoms with Gasteiger partial charge in [-0.3, -0.25) is 4.90 Å². The number of hydrogen-bond donors (Lipinski definition) is 2. The van der Waals surface area contributed by atoms with Crippen molar-refractivity contribution in [3.8, 4) is 23.0 Å². The Bertz CT molecular complexity index is 911. The van der Waals surface area contributed by atoms with Crippen LogP contribution in [-0.4, -0.2) is 74.9 Å².